The predicted molar refractivity (Wildman–Crippen MR) is 70.6 cm³/mol. The minimum atomic E-state index is -0.440. The van der Waals surface area contributed by atoms with Crippen molar-refractivity contribution in [1.82, 2.24) is 15.1 Å². The molecule has 20 heavy (non-hydrogen) atoms. The lowest BCUT2D eigenvalue weighted by Crippen LogP contribution is -2.46. The first-order valence-corrected chi connectivity index (χ1v) is 7.05. The number of nitrogens with zero attached hydrogens (tertiary/aromatic N) is 2. The van der Waals surface area contributed by atoms with Crippen molar-refractivity contribution in [2.75, 3.05) is 32.8 Å². The van der Waals surface area contributed by atoms with E-state index >= 15 is 0 Å². The summed E-state index contributed by atoms with van der Waals surface area (Å²) < 4.78 is 0. The van der Waals surface area contributed by atoms with Crippen LogP contribution in [-0.2, 0) is 14.4 Å². The molecular formula is C13H21N3O4. The summed E-state index contributed by atoms with van der Waals surface area (Å²) in [6.45, 7) is 1.44. The average Bonchev–Trinajstić information content (AvgIpc) is 2.99. The molecule has 0 bridgehead atoms. The number of aliphatic hydroxyl groups is 1. The number of aliphatic hydroxyl groups excluding tert-OH is 1. The molecule has 2 aliphatic heterocycles. The quantitative estimate of drug-likeness (QED) is 0.655. The Bertz CT molecular complexity index is 399. The first-order valence-electron chi connectivity index (χ1n) is 7.05. The van der Waals surface area contributed by atoms with Crippen LogP contribution in [0.25, 0.3) is 0 Å². The Balaban J connectivity index is 1.73. The Morgan fingerprint density at radius 1 is 1.20 bits per heavy atom. The fraction of sp³-hybridized carbons (Fsp3) is 0.769. The number of amides is 3. The second kappa shape index (κ2) is 6.81. The summed E-state index contributed by atoms with van der Waals surface area (Å²) >= 11 is 0. The molecule has 2 rings (SSSR count). The maximum Gasteiger partial charge on any atom is 0.246 e. The lowest BCUT2D eigenvalue weighted by atomic mass is 10.2. The lowest BCUT2D eigenvalue weighted by Gasteiger charge is -2.22. The van der Waals surface area contributed by atoms with E-state index in [2.05, 4.69) is 5.32 Å². The molecule has 0 saturated carbocycles. The third-order valence-electron chi connectivity index (χ3n) is 3.84. The Labute approximate surface area is 117 Å². The Morgan fingerprint density at radius 2 is 1.95 bits per heavy atom. The van der Waals surface area contributed by atoms with Crippen molar-refractivity contribution >= 4 is 17.7 Å². The Hall–Kier alpha value is -1.47. The molecule has 1 atom stereocenters. The summed E-state index contributed by atoms with van der Waals surface area (Å²) in [5, 5.41) is 11.5. The number of rotatable bonds is 5. The standard InChI is InChI=1S/C13H21N3O4/c17-9-10-3-1-5-15(10)7-11(18)14-12(19)8-16-6-2-4-13(16)20/h10,17H,1-9H2,(H,14,18,19)/t10-/m0/s1. The van der Waals surface area contributed by atoms with Crippen LogP contribution in [-0.4, -0.2) is 71.5 Å². The minimum Gasteiger partial charge on any atom is -0.395 e. The molecule has 2 fully saturated rings. The summed E-state index contributed by atoms with van der Waals surface area (Å²) in [5.41, 5.74) is 0. The number of hydrogen-bond donors (Lipinski definition) is 2. The van der Waals surface area contributed by atoms with E-state index in [0.717, 1.165) is 25.8 Å². The molecule has 2 saturated heterocycles. The average molecular weight is 283 g/mol. The highest BCUT2D eigenvalue weighted by Crippen LogP contribution is 2.15. The summed E-state index contributed by atoms with van der Waals surface area (Å²) in [7, 11) is 0. The Morgan fingerprint density at radius 3 is 2.60 bits per heavy atom. The second-order valence-corrected chi connectivity index (χ2v) is 5.34. The van der Waals surface area contributed by atoms with Crippen LogP contribution in [0.4, 0.5) is 0 Å². The monoisotopic (exact) mass is 283 g/mol. The summed E-state index contributed by atoms with van der Waals surface area (Å²) in [6, 6.07) is 0.0102. The summed E-state index contributed by atoms with van der Waals surface area (Å²) in [4.78, 5) is 38.2. The first kappa shape index (κ1) is 14.9. The Kier molecular flexibility index (Phi) is 5.08. The minimum absolute atomic E-state index is 0.0102. The van der Waals surface area contributed by atoms with Crippen molar-refractivity contribution < 1.29 is 19.5 Å². The number of carbonyl (C=O) groups excluding carboxylic acids is 3. The number of nitrogens with one attached hydrogen (secondary N) is 1. The van der Waals surface area contributed by atoms with E-state index in [9.17, 15) is 14.4 Å². The van der Waals surface area contributed by atoms with Crippen LogP contribution >= 0.6 is 0 Å². The molecule has 2 heterocycles. The molecule has 7 nitrogen and oxygen atoms in total. The van der Waals surface area contributed by atoms with E-state index in [-0.39, 0.29) is 37.6 Å². The molecule has 0 spiro atoms. The van der Waals surface area contributed by atoms with Gasteiger partial charge in [-0.2, -0.15) is 0 Å². The maximum absolute atomic E-state index is 11.8. The van der Waals surface area contributed by atoms with Gasteiger partial charge in [-0.25, -0.2) is 0 Å². The molecule has 7 heteroatoms. The van der Waals surface area contributed by atoms with Gasteiger partial charge in [0.2, 0.25) is 17.7 Å². The first-order chi connectivity index (χ1) is 9.60. The van der Waals surface area contributed by atoms with Gasteiger partial charge in [0.15, 0.2) is 0 Å². The zero-order chi connectivity index (χ0) is 14.5. The van der Waals surface area contributed by atoms with Gasteiger partial charge in [-0.05, 0) is 25.8 Å². The third-order valence-corrected chi connectivity index (χ3v) is 3.84. The number of hydrogen-bond acceptors (Lipinski definition) is 5. The number of carbonyl (C=O) groups is 3. The van der Waals surface area contributed by atoms with Crippen molar-refractivity contribution in [3.63, 3.8) is 0 Å². The van der Waals surface area contributed by atoms with Gasteiger partial charge >= 0.3 is 0 Å². The normalized spacial score (nSPS) is 23.4. The SMILES string of the molecule is O=C(CN1CCCC1=O)NC(=O)CN1CCC[C@H]1CO. The van der Waals surface area contributed by atoms with Crippen molar-refractivity contribution in [1.29, 1.82) is 0 Å². The largest absolute Gasteiger partial charge is 0.395 e. The highest BCUT2D eigenvalue weighted by atomic mass is 16.3. The van der Waals surface area contributed by atoms with Gasteiger partial charge in [-0.15, -0.1) is 0 Å². The summed E-state index contributed by atoms with van der Waals surface area (Å²) in [5.74, 6) is -0.848. The van der Waals surface area contributed by atoms with Gasteiger partial charge in [0, 0.05) is 19.0 Å². The van der Waals surface area contributed by atoms with Gasteiger partial charge in [0.1, 0.15) is 0 Å². The van der Waals surface area contributed by atoms with Gasteiger partial charge in [-0.1, -0.05) is 0 Å². The fourth-order valence-electron chi connectivity index (χ4n) is 2.77. The van der Waals surface area contributed by atoms with Gasteiger partial charge in [0.25, 0.3) is 0 Å². The molecule has 2 aliphatic rings. The highest BCUT2D eigenvalue weighted by Gasteiger charge is 2.27. The molecule has 0 aromatic carbocycles. The maximum atomic E-state index is 11.8. The molecule has 3 amide bonds. The molecule has 0 aliphatic carbocycles. The van der Waals surface area contributed by atoms with Gasteiger partial charge in [-0.3, -0.25) is 24.6 Å². The second-order valence-electron chi connectivity index (χ2n) is 5.34. The number of imide groups is 1. The molecular weight excluding hydrogens is 262 g/mol. The van der Waals surface area contributed by atoms with Gasteiger partial charge in [0.05, 0.1) is 19.7 Å². The predicted octanol–water partition coefficient (Wildman–Crippen LogP) is -1.29. The van der Waals surface area contributed by atoms with Crippen molar-refractivity contribution in [2.45, 2.75) is 31.7 Å². The molecule has 0 aromatic heterocycles. The lowest BCUT2D eigenvalue weighted by molar-refractivity contribution is -0.136. The van der Waals surface area contributed by atoms with Gasteiger partial charge < -0.3 is 10.0 Å². The molecule has 0 unspecified atom stereocenters. The van der Waals surface area contributed by atoms with E-state index < -0.39 is 5.91 Å². The van der Waals surface area contributed by atoms with Crippen LogP contribution < -0.4 is 5.32 Å². The smallest absolute Gasteiger partial charge is 0.246 e. The zero-order valence-electron chi connectivity index (χ0n) is 11.5. The van der Waals surface area contributed by atoms with E-state index in [4.69, 9.17) is 5.11 Å². The van der Waals surface area contributed by atoms with E-state index in [1.54, 1.807) is 0 Å². The summed E-state index contributed by atoms with van der Waals surface area (Å²) in [6.07, 6.45) is 3.08. The van der Waals surface area contributed by atoms with Crippen LogP contribution in [0.15, 0.2) is 0 Å². The van der Waals surface area contributed by atoms with Crippen LogP contribution in [0.1, 0.15) is 25.7 Å². The van der Waals surface area contributed by atoms with Crippen LogP contribution in [0.3, 0.4) is 0 Å². The van der Waals surface area contributed by atoms with E-state index in [1.807, 2.05) is 4.90 Å². The van der Waals surface area contributed by atoms with Crippen LogP contribution in [0.5, 0.6) is 0 Å². The van der Waals surface area contributed by atoms with Crippen molar-refractivity contribution in [2.24, 2.45) is 0 Å². The van der Waals surface area contributed by atoms with E-state index in [1.165, 1.54) is 4.90 Å². The van der Waals surface area contributed by atoms with Crippen LogP contribution in [0.2, 0.25) is 0 Å². The topological polar surface area (TPSA) is 90.0 Å². The van der Waals surface area contributed by atoms with Crippen molar-refractivity contribution in [3.8, 4) is 0 Å². The highest BCUT2D eigenvalue weighted by molar-refractivity contribution is 5.98. The van der Waals surface area contributed by atoms with E-state index in [0.29, 0.717) is 13.0 Å². The molecule has 2 N–H and O–H groups in total. The fourth-order valence-corrected chi connectivity index (χ4v) is 2.77. The molecule has 112 valence electrons. The third kappa shape index (κ3) is 3.77. The van der Waals surface area contributed by atoms with Crippen molar-refractivity contribution in [3.05, 3.63) is 0 Å². The molecule has 0 aromatic rings. The van der Waals surface area contributed by atoms with Crippen LogP contribution in [0, 0.1) is 0 Å². The molecule has 0 radical (unpaired) electrons. The number of likely N-dealkylation sites (tertiary alicyclic amines) is 2. The zero-order valence-corrected chi connectivity index (χ0v) is 11.5.